The maximum atomic E-state index is 11.9. The van der Waals surface area contributed by atoms with Crippen LogP contribution < -0.4 is 11.1 Å². The van der Waals surface area contributed by atoms with Gasteiger partial charge in [0.15, 0.2) is 0 Å². The number of carbonyl (C=O) groups excluding carboxylic acids is 1. The molecule has 1 heterocycles. The minimum Gasteiger partial charge on any atom is -0.349 e. The van der Waals surface area contributed by atoms with E-state index in [0.717, 1.165) is 5.56 Å². The fourth-order valence-electron chi connectivity index (χ4n) is 1.54. The molecule has 1 aromatic rings. The van der Waals surface area contributed by atoms with Crippen LogP contribution in [-0.4, -0.2) is 27.8 Å². The molecule has 0 fully saturated rings. The van der Waals surface area contributed by atoms with Gasteiger partial charge in [-0.15, -0.1) is 24.8 Å². The zero-order valence-corrected chi connectivity index (χ0v) is 13.5. The summed E-state index contributed by atoms with van der Waals surface area (Å²) in [7, 11) is 1.83. The van der Waals surface area contributed by atoms with Crippen molar-refractivity contribution >= 4 is 30.7 Å². The maximum Gasteiger partial charge on any atom is 0.225 e. The van der Waals surface area contributed by atoms with E-state index < -0.39 is 0 Å². The summed E-state index contributed by atoms with van der Waals surface area (Å²) in [5.74, 6) is 0.282. The van der Waals surface area contributed by atoms with E-state index in [1.165, 1.54) is 0 Å². The van der Waals surface area contributed by atoms with Gasteiger partial charge in [-0.25, -0.2) is 0 Å². The molecule has 0 radical (unpaired) electrons. The summed E-state index contributed by atoms with van der Waals surface area (Å²) in [5.41, 5.74) is 6.28. The van der Waals surface area contributed by atoms with Crippen LogP contribution in [0.1, 0.15) is 26.3 Å². The van der Waals surface area contributed by atoms with Crippen LogP contribution in [0.25, 0.3) is 0 Å². The highest BCUT2D eigenvalue weighted by Crippen LogP contribution is 2.15. The van der Waals surface area contributed by atoms with Crippen LogP contribution in [0.5, 0.6) is 0 Å². The Kier molecular flexibility index (Phi) is 9.08. The van der Waals surface area contributed by atoms with E-state index in [4.69, 9.17) is 5.73 Å². The molecule has 0 bridgehead atoms. The summed E-state index contributed by atoms with van der Waals surface area (Å²) in [6.07, 6.45) is 3.89. The van der Waals surface area contributed by atoms with Crippen molar-refractivity contribution in [1.29, 1.82) is 0 Å². The van der Waals surface area contributed by atoms with Crippen molar-refractivity contribution in [2.45, 2.75) is 32.7 Å². The first-order chi connectivity index (χ1) is 7.87. The Hall–Kier alpha value is -0.780. The van der Waals surface area contributed by atoms with Crippen molar-refractivity contribution in [3.63, 3.8) is 0 Å². The fourth-order valence-corrected chi connectivity index (χ4v) is 1.54. The van der Waals surface area contributed by atoms with Gasteiger partial charge in [-0.1, -0.05) is 13.8 Å². The van der Waals surface area contributed by atoms with Crippen molar-refractivity contribution in [1.82, 2.24) is 15.1 Å². The molecule has 5 nitrogen and oxygen atoms in total. The molecule has 0 saturated heterocycles. The molecular formula is C12H24Cl2N4O. The van der Waals surface area contributed by atoms with E-state index in [0.29, 0.717) is 18.9 Å². The van der Waals surface area contributed by atoms with Gasteiger partial charge < -0.3 is 11.1 Å². The SMILES string of the molecule is CC(C)C(C)(CN)NC(=O)Cc1cnn(C)c1.Cl.Cl. The number of aryl methyl sites for hydroxylation is 1. The fraction of sp³-hybridized carbons (Fsp3) is 0.667. The van der Waals surface area contributed by atoms with Gasteiger partial charge in [0.05, 0.1) is 18.2 Å². The van der Waals surface area contributed by atoms with Gasteiger partial charge in [0, 0.05) is 19.8 Å². The van der Waals surface area contributed by atoms with Crippen LogP contribution in [-0.2, 0) is 18.3 Å². The highest BCUT2D eigenvalue weighted by atomic mass is 35.5. The molecule has 19 heavy (non-hydrogen) atoms. The number of carbonyl (C=O) groups is 1. The second-order valence-electron chi connectivity index (χ2n) is 5.02. The summed E-state index contributed by atoms with van der Waals surface area (Å²) in [5, 5.41) is 7.03. The standard InChI is InChI=1S/C12H22N4O.2ClH/c1-9(2)12(3,8-13)15-11(17)5-10-6-14-16(4)7-10;;/h6-7,9H,5,8,13H2,1-4H3,(H,15,17);2*1H. The van der Waals surface area contributed by atoms with Crippen molar-refractivity contribution in [2.24, 2.45) is 18.7 Å². The van der Waals surface area contributed by atoms with Crippen molar-refractivity contribution in [2.75, 3.05) is 6.54 Å². The number of hydrogen-bond acceptors (Lipinski definition) is 3. The molecule has 1 aromatic heterocycles. The molecule has 0 aliphatic carbocycles. The Labute approximate surface area is 127 Å². The van der Waals surface area contributed by atoms with Gasteiger partial charge >= 0.3 is 0 Å². The largest absolute Gasteiger partial charge is 0.349 e. The van der Waals surface area contributed by atoms with Crippen molar-refractivity contribution in [3.05, 3.63) is 18.0 Å². The van der Waals surface area contributed by atoms with Crippen LogP contribution in [0.4, 0.5) is 0 Å². The topological polar surface area (TPSA) is 72.9 Å². The van der Waals surface area contributed by atoms with Gasteiger partial charge in [-0.05, 0) is 18.4 Å². The first-order valence-corrected chi connectivity index (χ1v) is 5.86. The normalized spacial score (nSPS) is 13.2. The molecule has 7 heteroatoms. The Morgan fingerprint density at radius 1 is 1.53 bits per heavy atom. The van der Waals surface area contributed by atoms with E-state index in [9.17, 15) is 4.79 Å². The maximum absolute atomic E-state index is 11.9. The quantitative estimate of drug-likeness (QED) is 0.861. The number of amides is 1. The van der Waals surface area contributed by atoms with E-state index in [1.54, 1.807) is 10.9 Å². The lowest BCUT2D eigenvalue weighted by atomic mass is 9.88. The molecule has 3 N–H and O–H groups in total. The monoisotopic (exact) mass is 310 g/mol. The van der Waals surface area contributed by atoms with Crippen LogP contribution >= 0.6 is 24.8 Å². The lowest BCUT2D eigenvalue weighted by Gasteiger charge is -2.33. The molecular weight excluding hydrogens is 287 g/mol. The zero-order chi connectivity index (χ0) is 13.1. The van der Waals surface area contributed by atoms with Gasteiger partial charge in [-0.2, -0.15) is 5.10 Å². The third-order valence-electron chi connectivity index (χ3n) is 3.25. The number of hydrogen-bond donors (Lipinski definition) is 2. The Morgan fingerprint density at radius 2 is 2.11 bits per heavy atom. The molecule has 112 valence electrons. The first kappa shape index (κ1) is 20.5. The number of nitrogens with one attached hydrogen (secondary N) is 1. The second-order valence-corrected chi connectivity index (χ2v) is 5.02. The highest BCUT2D eigenvalue weighted by molar-refractivity contribution is 5.85. The molecule has 1 atom stereocenters. The molecule has 1 rings (SSSR count). The molecule has 0 aliphatic rings. The van der Waals surface area contributed by atoms with Crippen LogP contribution in [0.15, 0.2) is 12.4 Å². The van der Waals surface area contributed by atoms with Crippen molar-refractivity contribution < 1.29 is 4.79 Å². The molecule has 0 aliphatic heterocycles. The van der Waals surface area contributed by atoms with Crippen molar-refractivity contribution in [3.8, 4) is 0 Å². The summed E-state index contributed by atoms with van der Waals surface area (Å²) in [6.45, 7) is 6.51. The molecule has 1 unspecified atom stereocenters. The predicted octanol–water partition coefficient (Wildman–Crippen LogP) is 1.30. The average Bonchev–Trinajstić information content (AvgIpc) is 2.63. The third-order valence-corrected chi connectivity index (χ3v) is 3.25. The molecule has 0 saturated carbocycles. The second kappa shape index (κ2) is 8.40. The highest BCUT2D eigenvalue weighted by Gasteiger charge is 2.28. The minimum atomic E-state index is -0.348. The smallest absolute Gasteiger partial charge is 0.225 e. The first-order valence-electron chi connectivity index (χ1n) is 5.86. The lowest BCUT2D eigenvalue weighted by Crippen LogP contribution is -2.55. The van der Waals surface area contributed by atoms with E-state index in [2.05, 4.69) is 24.3 Å². The van der Waals surface area contributed by atoms with Gasteiger partial charge in [0.25, 0.3) is 0 Å². The molecule has 1 amide bonds. The summed E-state index contributed by atoms with van der Waals surface area (Å²) in [6, 6.07) is 0. The Bertz CT molecular complexity index is 395. The van der Waals surface area contributed by atoms with Gasteiger partial charge in [-0.3, -0.25) is 9.48 Å². The number of nitrogens with two attached hydrogens (primary N) is 1. The van der Waals surface area contributed by atoms with Gasteiger partial charge in [0.2, 0.25) is 5.91 Å². The zero-order valence-electron chi connectivity index (χ0n) is 11.8. The van der Waals surface area contributed by atoms with Crippen LogP contribution in [0.3, 0.4) is 0 Å². The summed E-state index contributed by atoms with van der Waals surface area (Å²) in [4.78, 5) is 11.9. The lowest BCUT2D eigenvalue weighted by molar-refractivity contribution is -0.122. The Morgan fingerprint density at radius 3 is 2.47 bits per heavy atom. The number of halogens is 2. The van der Waals surface area contributed by atoms with E-state index >= 15 is 0 Å². The molecule has 0 spiro atoms. The van der Waals surface area contributed by atoms with E-state index in [1.807, 2.05) is 20.2 Å². The minimum absolute atomic E-state index is 0. The predicted molar refractivity (Wildman–Crippen MR) is 81.8 cm³/mol. The summed E-state index contributed by atoms with van der Waals surface area (Å²) >= 11 is 0. The van der Waals surface area contributed by atoms with E-state index in [-0.39, 0.29) is 36.3 Å². The summed E-state index contributed by atoms with van der Waals surface area (Å²) < 4.78 is 1.69. The van der Waals surface area contributed by atoms with Crippen LogP contribution in [0, 0.1) is 5.92 Å². The van der Waals surface area contributed by atoms with Crippen LogP contribution in [0.2, 0.25) is 0 Å². The van der Waals surface area contributed by atoms with Gasteiger partial charge in [0.1, 0.15) is 0 Å². The Balaban J connectivity index is 0. The number of rotatable bonds is 5. The number of aromatic nitrogens is 2. The third kappa shape index (κ3) is 5.80. The molecule has 0 aromatic carbocycles. The average molecular weight is 311 g/mol. The number of nitrogens with zero attached hydrogens (tertiary/aromatic N) is 2.